The van der Waals surface area contributed by atoms with Crippen molar-refractivity contribution in [2.24, 2.45) is 0 Å². The van der Waals surface area contributed by atoms with Crippen LogP contribution in [0, 0.1) is 11.3 Å². The van der Waals surface area contributed by atoms with Gasteiger partial charge >= 0.3 is 6.09 Å². The van der Waals surface area contributed by atoms with E-state index >= 15 is 0 Å². The summed E-state index contributed by atoms with van der Waals surface area (Å²) in [7, 11) is 1.47. The number of anilines is 1. The van der Waals surface area contributed by atoms with Crippen molar-refractivity contribution in [1.29, 1.82) is 5.26 Å². The van der Waals surface area contributed by atoms with Crippen molar-refractivity contribution in [2.45, 2.75) is 32.6 Å². The molecule has 0 bridgehead atoms. The molecular weight excluding hydrogens is 270 g/mol. The Balaban J connectivity index is 2.48. The predicted octanol–water partition coefficient (Wildman–Crippen LogP) is 2.72. The second-order valence-electron chi connectivity index (χ2n) is 5.54. The van der Waals surface area contributed by atoms with Crippen LogP contribution in [0.1, 0.15) is 26.3 Å². The average molecular weight is 287 g/mol. The van der Waals surface area contributed by atoms with E-state index in [1.807, 2.05) is 6.07 Å². The Morgan fingerprint density at radius 1 is 1.52 bits per heavy atom. The zero-order valence-corrected chi connectivity index (χ0v) is 12.5. The highest BCUT2D eigenvalue weighted by Gasteiger charge is 2.41. The van der Waals surface area contributed by atoms with Crippen LogP contribution < -0.4 is 4.90 Å². The summed E-state index contributed by atoms with van der Waals surface area (Å²) in [6.07, 6.45) is 1.66. The van der Waals surface area contributed by atoms with E-state index in [0.717, 1.165) is 0 Å². The van der Waals surface area contributed by atoms with Crippen LogP contribution in [0.3, 0.4) is 0 Å². The number of pyridine rings is 1. The van der Waals surface area contributed by atoms with Crippen molar-refractivity contribution in [3.8, 4) is 6.07 Å². The van der Waals surface area contributed by atoms with Crippen molar-refractivity contribution in [2.75, 3.05) is 12.0 Å². The van der Waals surface area contributed by atoms with Gasteiger partial charge in [0.05, 0.1) is 6.07 Å². The van der Waals surface area contributed by atoms with Crippen LogP contribution in [0.25, 0.3) is 5.57 Å². The monoisotopic (exact) mass is 287 g/mol. The second-order valence-corrected chi connectivity index (χ2v) is 5.54. The third-order valence-electron chi connectivity index (χ3n) is 2.86. The number of hydrogen-bond donors (Lipinski definition) is 0. The van der Waals surface area contributed by atoms with Gasteiger partial charge in [0, 0.05) is 30.5 Å². The first kappa shape index (κ1) is 15.0. The molecule has 6 heteroatoms. The van der Waals surface area contributed by atoms with E-state index in [2.05, 4.69) is 4.98 Å². The van der Waals surface area contributed by atoms with Gasteiger partial charge in [0.25, 0.3) is 0 Å². The fourth-order valence-corrected chi connectivity index (χ4v) is 2.14. The number of amides is 1. The second kappa shape index (κ2) is 5.54. The fraction of sp³-hybridized carbons (Fsp3) is 0.400. The Morgan fingerprint density at radius 2 is 2.24 bits per heavy atom. The van der Waals surface area contributed by atoms with Crippen LogP contribution >= 0.6 is 0 Å². The highest BCUT2D eigenvalue weighted by Crippen LogP contribution is 2.39. The van der Waals surface area contributed by atoms with Crippen molar-refractivity contribution in [1.82, 2.24) is 4.98 Å². The molecule has 0 N–H and O–H groups in total. The van der Waals surface area contributed by atoms with Gasteiger partial charge in [-0.2, -0.15) is 5.26 Å². The molecular formula is C15H17N3O3. The standard InChI is InChI=1S/C15H17N3O3/c1-15(2,3)21-14(19)18-12-10(6-5-9-17-12)11(7-8-16)13(18)20-4/h5-7,9,13H,1-4H3/b11-7+. The molecule has 1 aliphatic heterocycles. The van der Waals surface area contributed by atoms with Crippen LogP contribution in [0.2, 0.25) is 0 Å². The highest BCUT2D eigenvalue weighted by molar-refractivity contribution is 6.00. The lowest BCUT2D eigenvalue weighted by Gasteiger charge is -2.27. The third-order valence-corrected chi connectivity index (χ3v) is 2.86. The molecule has 1 aromatic rings. The van der Waals surface area contributed by atoms with E-state index in [1.54, 1.807) is 39.1 Å². The zero-order valence-electron chi connectivity index (χ0n) is 12.5. The number of methoxy groups -OCH3 is 1. The molecule has 110 valence electrons. The van der Waals surface area contributed by atoms with Gasteiger partial charge in [-0.1, -0.05) is 0 Å². The normalized spacial score (nSPS) is 19.3. The predicted molar refractivity (Wildman–Crippen MR) is 77.3 cm³/mol. The SMILES string of the molecule is COC1/C(=C/C#N)c2cccnc2N1C(=O)OC(C)(C)C. The molecule has 0 spiro atoms. The Morgan fingerprint density at radius 3 is 2.81 bits per heavy atom. The summed E-state index contributed by atoms with van der Waals surface area (Å²) in [6, 6.07) is 5.51. The van der Waals surface area contributed by atoms with E-state index < -0.39 is 17.9 Å². The first-order valence-electron chi connectivity index (χ1n) is 6.49. The fourth-order valence-electron chi connectivity index (χ4n) is 2.14. The molecule has 0 fully saturated rings. The summed E-state index contributed by atoms with van der Waals surface area (Å²) < 4.78 is 10.8. The molecule has 6 nitrogen and oxygen atoms in total. The molecule has 1 amide bonds. The maximum Gasteiger partial charge on any atom is 0.418 e. The van der Waals surface area contributed by atoms with Gasteiger partial charge in [-0.15, -0.1) is 0 Å². The number of aromatic nitrogens is 1. The van der Waals surface area contributed by atoms with Gasteiger partial charge in [0.15, 0.2) is 6.23 Å². The summed E-state index contributed by atoms with van der Waals surface area (Å²) in [4.78, 5) is 18.0. The summed E-state index contributed by atoms with van der Waals surface area (Å²) in [5.41, 5.74) is 0.650. The van der Waals surface area contributed by atoms with E-state index in [9.17, 15) is 4.79 Å². The minimum Gasteiger partial charge on any atom is -0.443 e. The van der Waals surface area contributed by atoms with Crippen molar-refractivity contribution in [3.05, 3.63) is 30.0 Å². The first-order chi connectivity index (χ1) is 9.89. The summed E-state index contributed by atoms with van der Waals surface area (Å²) in [6.45, 7) is 5.36. The maximum absolute atomic E-state index is 12.4. The summed E-state index contributed by atoms with van der Waals surface area (Å²) in [5.74, 6) is 0.431. The first-order valence-corrected chi connectivity index (χ1v) is 6.49. The van der Waals surface area contributed by atoms with Gasteiger partial charge in [-0.05, 0) is 32.9 Å². The Hall–Kier alpha value is -2.39. The van der Waals surface area contributed by atoms with E-state index in [0.29, 0.717) is 17.0 Å². The molecule has 21 heavy (non-hydrogen) atoms. The average Bonchev–Trinajstić information content (AvgIpc) is 2.71. The van der Waals surface area contributed by atoms with Crippen LogP contribution in [-0.2, 0) is 9.47 Å². The number of fused-ring (bicyclic) bond motifs is 1. The Kier molecular flexibility index (Phi) is 3.96. The molecule has 0 radical (unpaired) electrons. The highest BCUT2D eigenvalue weighted by atomic mass is 16.6. The molecule has 0 saturated heterocycles. The molecule has 0 aromatic carbocycles. The largest absolute Gasteiger partial charge is 0.443 e. The number of carbonyl (C=O) groups is 1. The minimum absolute atomic E-state index is 0.431. The molecule has 0 saturated carbocycles. The molecule has 1 unspecified atom stereocenters. The van der Waals surface area contributed by atoms with Crippen molar-refractivity contribution < 1.29 is 14.3 Å². The Labute approximate surface area is 123 Å². The van der Waals surface area contributed by atoms with Crippen LogP contribution in [-0.4, -0.2) is 30.0 Å². The molecule has 1 atom stereocenters. The number of nitriles is 1. The summed E-state index contributed by atoms with van der Waals surface area (Å²) >= 11 is 0. The number of carbonyl (C=O) groups excluding carboxylic acids is 1. The van der Waals surface area contributed by atoms with Crippen LogP contribution in [0.5, 0.6) is 0 Å². The molecule has 2 heterocycles. The Bertz CT molecular complexity index is 626. The molecule has 1 aromatic heterocycles. The van der Waals surface area contributed by atoms with Crippen LogP contribution in [0.15, 0.2) is 24.4 Å². The van der Waals surface area contributed by atoms with Gasteiger partial charge in [0.1, 0.15) is 11.4 Å². The topological polar surface area (TPSA) is 75.5 Å². The zero-order chi connectivity index (χ0) is 15.6. The number of nitrogens with zero attached hydrogens (tertiary/aromatic N) is 3. The summed E-state index contributed by atoms with van der Waals surface area (Å²) in [5, 5.41) is 8.94. The third kappa shape index (κ3) is 2.88. The lowest BCUT2D eigenvalue weighted by atomic mass is 10.1. The van der Waals surface area contributed by atoms with Gasteiger partial charge in [0.2, 0.25) is 0 Å². The van der Waals surface area contributed by atoms with E-state index in [-0.39, 0.29) is 0 Å². The number of rotatable bonds is 1. The molecule has 1 aliphatic rings. The van der Waals surface area contributed by atoms with E-state index in [1.165, 1.54) is 18.1 Å². The van der Waals surface area contributed by atoms with Crippen molar-refractivity contribution >= 4 is 17.5 Å². The van der Waals surface area contributed by atoms with Gasteiger partial charge < -0.3 is 9.47 Å². The van der Waals surface area contributed by atoms with Gasteiger partial charge in [-0.25, -0.2) is 14.7 Å². The van der Waals surface area contributed by atoms with Crippen molar-refractivity contribution in [3.63, 3.8) is 0 Å². The minimum atomic E-state index is -0.718. The number of hydrogen-bond acceptors (Lipinski definition) is 5. The molecule has 2 rings (SSSR count). The van der Waals surface area contributed by atoms with Gasteiger partial charge in [-0.3, -0.25) is 0 Å². The lowest BCUT2D eigenvalue weighted by Crippen LogP contribution is -2.42. The number of allylic oxidation sites excluding steroid dienone is 1. The molecule has 0 aliphatic carbocycles. The number of ether oxygens (including phenoxy) is 2. The van der Waals surface area contributed by atoms with E-state index in [4.69, 9.17) is 14.7 Å². The van der Waals surface area contributed by atoms with Crippen LogP contribution in [0.4, 0.5) is 10.6 Å². The smallest absolute Gasteiger partial charge is 0.418 e. The quantitative estimate of drug-likeness (QED) is 0.742. The lowest BCUT2D eigenvalue weighted by molar-refractivity contribution is 0.0479. The maximum atomic E-state index is 12.4.